The summed E-state index contributed by atoms with van der Waals surface area (Å²) in [5.74, 6) is 0. The van der Waals surface area contributed by atoms with Crippen LogP contribution in [0.5, 0.6) is 0 Å². The van der Waals surface area contributed by atoms with Gasteiger partial charge in [0.1, 0.15) is 0 Å². The van der Waals surface area contributed by atoms with E-state index in [1.807, 2.05) is 6.07 Å². The molecule has 0 amide bonds. The molecule has 0 fully saturated rings. The molecule has 17 heavy (non-hydrogen) atoms. The lowest BCUT2D eigenvalue weighted by Crippen LogP contribution is -2.32. The van der Waals surface area contributed by atoms with Crippen LogP contribution < -0.4 is 5.73 Å². The molecule has 3 heteroatoms. The molecule has 1 rings (SSSR count). The maximum absolute atomic E-state index is 5.89. The van der Waals surface area contributed by atoms with Crippen LogP contribution in [-0.4, -0.2) is 50.6 Å². The molecule has 0 spiro atoms. The maximum atomic E-state index is 5.89. The van der Waals surface area contributed by atoms with Crippen LogP contribution in [0.3, 0.4) is 0 Å². The van der Waals surface area contributed by atoms with Gasteiger partial charge in [-0.05, 0) is 46.2 Å². The van der Waals surface area contributed by atoms with Gasteiger partial charge in [0.2, 0.25) is 0 Å². The Hall–Kier alpha value is -0.900. The zero-order chi connectivity index (χ0) is 12.7. The highest BCUT2D eigenvalue weighted by Gasteiger charge is 2.14. The van der Waals surface area contributed by atoms with E-state index in [9.17, 15) is 0 Å². The highest BCUT2D eigenvalue weighted by atomic mass is 15.1. The summed E-state index contributed by atoms with van der Waals surface area (Å²) in [4.78, 5) is 4.56. The summed E-state index contributed by atoms with van der Waals surface area (Å²) in [6, 6.07) is 10.8. The van der Waals surface area contributed by atoms with Crippen molar-refractivity contribution in [1.82, 2.24) is 9.80 Å². The smallest absolute Gasteiger partial charge is 0.0467 e. The van der Waals surface area contributed by atoms with Crippen molar-refractivity contribution in [3.05, 3.63) is 35.9 Å². The van der Waals surface area contributed by atoms with E-state index in [1.54, 1.807) is 0 Å². The summed E-state index contributed by atoms with van der Waals surface area (Å²) in [6.45, 7) is 2.87. The fourth-order valence-corrected chi connectivity index (χ4v) is 2.04. The third-order valence-corrected chi connectivity index (χ3v) is 3.06. The van der Waals surface area contributed by atoms with Gasteiger partial charge in [0.15, 0.2) is 0 Å². The minimum absolute atomic E-state index is 0.332. The monoisotopic (exact) mass is 235 g/mol. The quantitative estimate of drug-likeness (QED) is 0.778. The van der Waals surface area contributed by atoms with Gasteiger partial charge in [-0.1, -0.05) is 30.3 Å². The maximum Gasteiger partial charge on any atom is 0.0467 e. The summed E-state index contributed by atoms with van der Waals surface area (Å²) >= 11 is 0. The molecule has 1 aromatic carbocycles. The number of hydrogen-bond acceptors (Lipinski definition) is 3. The van der Waals surface area contributed by atoms with Crippen molar-refractivity contribution in [2.75, 3.05) is 40.8 Å². The van der Waals surface area contributed by atoms with E-state index in [1.165, 1.54) is 12.0 Å². The van der Waals surface area contributed by atoms with Crippen molar-refractivity contribution in [2.24, 2.45) is 5.73 Å². The molecule has 3 nitrogen and oxygen atoms in total. The van der Waals surface area contributed by atoms with Crippen molar-refractivity contribution < 1.29 is 0 Å². The van der Waals surface area contributed by atoms with Crippen molar-refractivity contribution in [2.45, 2.75) is 12.5 Å². The number of benzene rings is 1. The zero-order valence-electron chi connectivity index (χ0n) is 11.3. The minimum atomic E-state index is 0.332. The van der Waals surface area contributed by atoms with Gasteiger partial charge < -0.3 is 10.6 Å². The Morgan fingerprint density at radius 2 is 1.71 bits per heavy atom. The third kappa shape index (κ3) is 4.86. The highest BCUT2D eigenvalue weighted by Crippen LogP contribution is 2.17. The zero-order valence-corrected chi connectivity index (χ0v) is 11.3. The van der Waals surface area contributed by atoms with Crippen LogP contribution in [0.4, 0.5) is 0 Å². The second-order valence-corrected chi connectivity index (χ2v) is 4.80. The average molecular weight is 235 g/mol. The Labute approximate surface area is 105 Å². The van der Waals surface area contributed by atoms with Gasteiger partial charge in [-0.25, -0.2) is 0 Å². The van der Waals surface area contributed by atoms with Crippen molar-refractivity contribution in [3.8, 4) is 0 Å². The molecule has 0 bridgehead atoms. The largest absolute Gasteiger partial charge is 0.329 e. The number of rotatable bonds is 7. The predicted molar refractivity (Wildman–Crippen MR) is 74.0 cm³/mol. The second-order valence-electron chi connectivity index (χ2n) is 4.80. The molecule has 0 radical (unpaired) electrons. The molecule has 0 aromatic heterocycles. The molecule has 1 unspecified atom stereocenters. The van der Waals surface area contributed by atoms with Gasteiger partial charge in [-0.15, -0.1) is 0 Å². The normalized spacial score (nSPS) is 13.3. The lowest BCUT2D eigenvalue weighted by molar-refractivity contribution is 0.235. The Balaban J connectivity index is 2.50. The van der Waals surface area contributed by atoms with E-state index in [0.717, 1.165) is 13.1 Å². The molecule has 0 heterocycles. The van der Waals surface area contributed by atoms with Gasteiger partial charge in [-0.3, -0.25) is 4.90 Å². The van der Waals surface area contributed by atoms with E-state index < -0.39 is 0 Å². The van der Waals surface area contributed by atoms with E-state index in [0.29, 0.717) is 12.6 Å². The highest BCUT2D eigenvalue weighted by molar-refractivity contribution is 5.19. The fourth-order valence-electron chi connectivity index (χ4n) is 2.04. The Kier molecular flexibility index (Phi) is 6.19. The van der Waals surface area contributed by atoms with E-state index in [4.69, 9.17) is 5.73 Å². The molecular weight excluding hydrogens is 210 g/mol. The summed E-state index contributed by atoms with van der Waals surface area (Å²) in [5, 5.41) is 0. The van der Waals surface area contributed by atoms with Crippen LogP contribution in [0, 0.1) is 0 Å². The van der Waals surface area contributed by atoms with E-state index >= 15 is 0 Å². The van der Waals surface area contributed by atoms with Gasteiger partial charge in [0, 0.05) is 12.6 Å². The first-order valence-electron chi connectivity index (χ1n) is 6.25. The first kappa shape index (κ1) is 14.2. The van der Waals surface area contributed by atoms with Crippen LogP contribution in [0.1, 0.15) is 18.0 Å². The van der Waals surface area contributed by atoms with E-state index in [2.05, 4.69) is 55.2 Å². The Morgan fingerprint density at radius 3 is 2.24 bits per heavy atom. The van der Waals surface area contributed by atoms with Crippen LogP contribution in [0.15, 0.2) is 30.3 Å². The number of hydrogen-bond donors (Lipinski definition) is 1. The number of nitrogens with two attached hydrogens (primary N) is 1. The SMILES string of the molecule is CN(C)CCCN(C)C(CN)c1ccccc1. The van der Waals surface area contributed by atoms with Gasteiger partial charge in [0.05, 0.1) is 0 Å². The molecule has 0 aliphatic rings. The average Bonchev–Trinajstić information content (AvgIpc) is 2.31. The lowest BCUT2D eigenvalue weighted by atomic mass is 10.1. The number of likely N-dealkylation sites (N-methyl/N-ethyl adjacent to an activating group) is 1. The molecule has 1 aromatic rings. The third-order valence-electron chi connectivity index (χ3n) is 3.06. The predicted octanol–water partition coefficient (Wildman–Crippen LogP) is 1.57. The van der Waals surface area contributed by atoms with Crippen LogP contribution in [0.25, 0.3) is 0 Å². The number of nitrogens with zero attached hydrogens (tertiary/aromatic N) is 2. The molecule has 0 aliphatic carbocycles. The lowest BCUT2D eigenvalue weighted by Gasteiger charge is -2.27. The summed E-state index contributed by atoms with van der Waals surface area (Å²) in [5.41, 5.74) is 7.19. The van der Waals surface area contributed by atoms with Crippen LogP contribution in [-0.2, 0) is 0 Å². The summed E-state index contributed by atoms with van der Waals surface area (Å²) in [7, 11) is 6.37. The standard InChI is InChI=1S/C14H25N3/c1-16(2)10-7-11-17(3)14(12-15)13-8-5-4-6-9-13/h4-6,8-9,14H,7,10-12,15H2,1-3H3. The minimum Gasteiger partial charge on any atom is -0.329 e. The van der Waals surface area contributed by atoms with E-state index in [-0.39, 0.29) is 0 Å². The molecule has 0 saturated carbocycles. The Morgan fingerprint density at radius 1 is 1.06 bits per heavy atom. The fraction of sp³-hybridized carbons (Fsp3) is 0.571. The molecular formula is C14H25N3. The molecule has 2 N–H and O–H groups in total. The summed E-state index contributed by atoms with van der Waals surface area (Å²) < 4.78 is 0. The Bertz CT molecular complexity index is 298. The van der Waals surface area contributed by atoms with Crippen molar-refractivity contribution in [3.63, 3.8) is 0 Å². The van der Waals surface area contributed by atoms with Crippen molar-refractivity contribution in [1.29, 1.82) is 0 Å². The van der Waals surface area contributed by atoms with Crippen LogP contribution in [0.2, 0.25) is 0 Å². The topological polar surface area (TPSA) is 32.5 Å². The first-order valence-corrected chi connectivity index (χ1v) is 6.25. The molecule has 1 atom stereocenters. The van der Waals surface area contributed by atoms with Crippen LogP contribution >= 0.6 is 0 Å². The van der Waals surface area contributed by atoms with Gasteiger partial charge >= 0.3 is 0 Å². The van der Waals surface area contributed by atoms with Gasteiger partial charge in [-0.2, -0.15) is 0 Å². The molecule has 0 aliphatic heterocycles. The molecule has 96 valence electrons. The van der Waals surface area contributed by atoms with Gasteiger partial charge in [0.25, 0.3) is 0 Å². The first-order chi connectivity index (χ1) is 8.15. The molecule has 0 saturated heterocycles. The second kappa shape index (κ2) is 7.43. The summed E-state index contributed by atoms with van der Waals surface area (Å²) in [6.07, 6.45) is 1.17. The van der Waals surface area contributed by atoms with Crippen molar-refractivity contribution >= 4 is 0 Å².